The molecule has 0 spiro atoms. The van der Waals surface area contributed by atoms with Gasteiger partial charge in [-0.05, 0) is 36.8 Å². The van der Waals surface area contributed by atoms with Crippen molar-refractivity contribution in [3.63, 3.8) is 0 Å². The van der Waals surface area contributed by atoms with Crippen LogP contribution in [0.4, 0.5) is 17.1 Å². The van der Waals surface area contributed by atoms with E-state index in [2.05, 4.69) is 5.32 Å². The topological polar surface area (TPSA) is 81.1 Å². The number of carbonyl (C=O) groups excluding carboxylic acids is 1. The van der Waals surface area contributed by atoms with Crippen molar-refractivity contribution in [2.75, 3.05) is 11.1 Å². The SMILES string of the molecule is Cc1cccc(Nc2c(N)cccc2C(N)=O)c1. The summed E-state index contributed by atoms with van der Waals surface area (Å²) in [6, 6.07) is 12.9. The molecule has 0 radical (unpaired) electrons. The average molecular weight is 241 g/mol. The van der Waals surface area contributed by atoms with Gasteiger partial charge < -0.3 is 16.8 Å². The first-order chi connectivity index (χ1) is 8.58. The normalized spacial score (nSPS) is 10.1. The molecule has 5 N–H and O–H groups in total. The lowest BCUT2D eigenvalue weighted by atomic mass is 10.1. The van der Waals surface area contributed by atoms with Gasteiger partial charge in [0, 0.05) is 5.69 Å². The lowest BCUT2D eigenvalue weighted by Gasteiger charge is -2.13. The van der Waals surface area contributed by atoms with Crippen molar-refractivity contribution < 1.29 is 4.79 Å². The lowest BCUT2D eigenvalue weighted by Crippen LogP contribution is -2.14. The molecule has 0 unspecified atom stereocenters. The zero-order chi connectivity index (χ0) is 13.1. The van der Waals surface area contributed by atoms with Gasteiger partial charge in [0.25, 0.3) is 5.91 Å². The van der Waals surface area contributed by atoms with Crippen molar-refractivity contribution in [3.8, 4) is 0 Å². The summed E-state index contributed by atoms with van der Waals surface area (Å²) in [7, 11) is 0. The number of anilines is 3. The van der Waals surface area contributed by atoms with Crippen molar-refractivity contribution in [3.05, 3.63) is 53.6 Å². The number of nitrogens with one attached hydrogen (secondary N) is 1. The van der Waals surface area contributed by atoms with Gasteiger partial charge in [-0.3, -0.25) is 4.79 Å². The van der Waals surface area contributed by atoms with E-state index < -0.39 is 5.91 Å². The van der Waals surface area contributed by atoms with E-state index in [0.717, 1.165) is 11.3 Å². The Hall–Kier alpha value is -2.49. The Morgan fingerprint density at radius 2 is 1.89 bits per heavy atom. The summed E-state index contributed by atoms with van der Waals surface area (Å²) in [4.78, 5) is 11.4. The third kappa shape index (κ3) is 2.43. The summed E-state index contributed by atoms with van der Waals surface area (Å²) in [6.07, 6.45) is 0. The number of para-hydroxylation sites is 1. The van der Waals surface area contributed by atoms with Gasteiger partial charge in [-0.15, -0.1) is 0 Å². The van der Waals surface area contributed by atoms with E-state index in [0.29, 0.717) is 16.9 Å². The fourth-order valence-electron chi connectivity index (χ4n) is 1.78. The van der Waals surface area contributed by atoms with Crippen LogP contribution in [0.5, 0.6) is 0 Å². The number of rotatable bonds is 3. The van der Waals surface area contributed by atoms with Crippen molar-refractivity contribution in [1.82, 2.24) is 0 Å². The molecule has 1 amide bonds. The molecule has 0 atom stereocenters. The number of nitrogens with two attached hydrogens (primary N) is 2. The van der Waals surface area contributed by atoms with Crippen LogP contribution in [0.15, 0.2) is 42.5 Å². The number of carbonyl (C=O) groups is 1. The second kappa shape index (κ2) is 4.79. The van der Waals surface area contributed by atoms with E-state index in [1.54, 1.807) is 18.2 Å². The van der Waals surface area contributed by atoms with Crippen LogP contribution in [-0.4, -0.2) is 5.91 Å². The monoisotopic (exact) mass is 241 g/mol. The van der Waals surface area contributed by atoms with E-state index in [9.17, 15) is 4.79 Å². The molecule has 0 aliphatic rings. The van der Waals surface area contributed by atoms with Crippen LogP contribution in [0.1, 0.15) is 15.9 Å². The van der Waals surface area contributed by atoms with Gasteiger partial charge in [-0.1, -0.05) is 18.2 Å². The molecular formula is C14H15N3O. The van der Waals surface area contributed by atoms with Gasteiger partial charge in [0.1, 0.15) is 0 Å². The summed E-state index contributed by atoms with van der Waals surface area (Å²) in [6.45, 7) is 1.99. The van der Waals surface area contributed by atoms with Crippen molar-refractivity contribution in [1.29, 1.82) is 0 Å². The number of nitrogen functional groups attached to an aromatic ring is 1. The van der Waals surface area contributed by atoms with Crippen LogP contribution >= 0.6 is 0 Å². The van der Waals surface area contributed by atoms with Crippen LogP contribution < -0.4 is 16.8 Å². The first-order valence-electron chi connectivity index (χ1n) is 5.60. The van der Waals surface area contributed by atoms with Gasteiger partial charge in [-0.2, -0.15) is 0 Å². The molecule has 18 heavy (non-hydrogen) atoms. The van der Waals surface area contributed by atoms with Crippen molar-refractivity contribution in [2.24, 2.45) is 5.73 Å². The van der Waals surface area contributed by atoms with E-state index in [1.165, 1.54) is 0 Å². The maximum Gasteiger partial charge on any atom is 0.250 e. The zero-order valence-electron chi connectivity index (χ0n) is 10.1. The third-order valence-electron chi connectivity index (χ3n) is 2.65. The molecule has 0 fully saturated rings. The van der Waals surface area contributed by atoms with Crippen LogP contribution in [0.3, 0.4) is 0 Å². The highest BCUT2D eigenvalue weighted by atomic mass is 16.1. The maximum absolute atomic E-state index is 11.4. The third-order valence-corrected chi connectivity index (χ3v) is 2.65. The average Bonchev–Trinajstić information content (AvgIpc) is 2.31. The predicted molar refractivity (Wildman–Crippen MR) is 73.8 cm³/mol. The van der Waals surface area contributed by atoms with E-state index in [1.807, 2.05) is 31.2 Å². The second-order valence-electron chi connectivity index (χ2n) is 4.13. The number of aryl methyl sites for hydroxylation is 1. The minimum Gasteiger partial charge on any atom is -0.397 e. The largest absolute Gasteiger partial charge is 0.397 e. The molecule has 92 valence electrons. The van der Waals surface area contributed by atoms with E-state index in [4.69, 9.17) is 11.5 Å². The minimum absolute atomic E-state index is 0.386. The van der Waals surface area contributed by atoms with Crippen molar-refractivity contribution in [2.45, 2.75) is 6.92 Å². The Morgan fingerprint density at radius 3 is 2.56 bits per heavy atom. The van der Waals surface area contributed by atoms with E-state index >= 15 is 0 Å². The van der Waals surface area contributed by atoms with Gasteiger partial charge in [-0.25, -0.2) is 0 Å². The fraction of sp³-hybridized carbons (Fsp3) is 0.0714. The Bertz CT molecular complexity index is 593. The predicted octanol–water partition coefficient (Wildman–Crippen LogP) is 2.42. The Balaban J connectivity index is 2.42. The molecule has 0 heterocycles. The minimum atomic E-state index is -0.502. The van der Waals surface area contributed by atoms with Crippen LogP contribution in [0.2, 0.25) is 0 Å². The summed E-state index contributed by atoms with van der Waals surface area (Å²) < 4.78 is 0. The van der Waals surface area contributed by atoms with E-state index in [-0.39, 0.29) is 0 Å². The van der Waals surface area contributed by atoms with Gasteiger partial charge >= 0.3 is 0 Å². The molecule has 2 aromatic rings. The first-order valence-corrected chi connectivity index (χ1v) is 5.60. The summed E-state index contributed by atoms with van der Waals surface area (Å²) in [5.41, 5.74) is 14.6. The number of hydrogen-bond acceptors (Lipinski definition) is 3. The zero-order valence-corrected chi connectivity index (χ0v) is 10.1. The molecule has 2 rings (SSSR count). The van der Waals surface area contributed by atoms with Crippen LogP contribution in [-0.2, 0) is 0 Å². The Morgan fingerprint density at radius 1 is 1.17 bits per heavy atom. The highest BCUT2D eigenvalue weighted by Crippen LogP contribution is 2.27. The standard InChI is InChI=1S/C14H15N3O/c1-9-4-2-5-10(8-9)17-13-11(14(16)18)6-3-7-12(13)15/h2-8,17H,15H2,1H3,(H2,16,18). The van der Waals surface area contributed by atoms with Crippen LogP contribution in [0.25, 0.3) is 0 Å². The molecule has 0 aromatic heterocycles. The summed E-state index contributed by atoms with van der Waals surface area (Å²) in [5, 5.41) is 3.14. The molecule has 4 nitrogen and oxygen atoms in total. The smallest absolute Gasteiger partial charge is 0.250 e. The molecule has 2 aromatic carbocycles. The number of amides is 1. The molecule has 0 bridgehead atoms. The molecule has 0 aliphatic carbocycles. The van der Waals surface area contributed by atoms with Gasteiger partial charge in [0.15, 0.2) is 0 Å². The number of hydrogen-bond donors (Lipinski definition) is 3. The molecule has 0 saturated heterocycles. The molecule has 4 heteroatoms. The summed E-state index contributed by atoms with van der Waals surface area (Å²) >= 11 is 0. The van der Waals surface area contributed by atoms with Gasteiger partial charge in [0.2, 0.25) is 0 Å². The Kier molecular flexibility index (Phi) is 3.19. The number of benzene rings is 2. The number of primary amides is 1. The molecular weight excluding hydrogens is 226 g/mol. The van der Waals surface area contributed by atoms with Crippen molar-refractivity contribution >= 4 is 23.0 Å². The quantitative estimate of drug-likeness (QED) is 0.722. The molecule has 0 saturated carbocycles. The second-order valence-corrected chi connectivity index (χ2v) is 4.13. The highest BCUT2D eigenvalue weighted by Gasteiger charge is 2.10. The first kappa shape index (κ1) is 12.0. The lowest BCUT2D eigenvalue weighted by molar-refractivity contribution is 0.100. The molecule has 0 aliphatic heterocycles. The van der Waals surface area contributed by atoms with Crippen LogP contribution in [0, 0.1) is 6.92 Å². The fourth-order valence-corrected chi connectivity index (χ4v) is 1.78. The maximum atomic E-state index is 11.4. The summed E-state index contributed by atoms with van der Waals surface area (Å²) in [5.74, 6) is -0.502. The van der Waals surface area contributed by atoms with Gasteiger partial charge in [0.05, 0.1) is 16.9 Å². The Labute approximate surface area is 106 Å². The highest BCUT2D eigenvalue weighted by molar-refractivity contribution is 6.02.